The van der Waals surface area contributed by atoms with E-state index in [1.165, 1.54) is 0 Å². The van der Waals surface area contributed by atoms with Crippen LogP contribution in [0.5, 0.6) is 0 Å². The molecule has 0 heterocycles. The summed E-state index contributed by atoms with van der Waals surface area (Å²) < 4.78 is 0. The number of carboxylic acid groups (broad SMARTS) is 1. The molecule has 0 saturated heterocycles. The van der Waals surface area contributed by atoms with Crippen LogP contribution in [-0.4, -0.2) is 47.6 Å². The van der Waals surface area contributed by atoms with Crippen molar-refractivity contribution in [3.05, 3.63) is 35.9 Å². The van der Waals surface area contributed by atoms with E-state index in [1.54, 1.807) is 0 Å². The van der Waals surface area contributed by atoms with E-state index in [-0.39, 0.29) is 12.3 Å². The highest BCUT2D eigenvalue weighted by Gasteiger charge is 2.30. The highest BCUT2D eigenvalue weighted by Crippen LogP contribution is 2.11. The van der Waals surface area contributed by atoms with Crippen molar-refractivity contribution < 1.29 is 19.5 Å². The van der Waals surface area contributed by atoms with E-state index >= 15 is 0 Å². The van der Waals surface area contributed by atoms with E-state index in [2.05, 4.69) is 10.6 Å². The fraction of sp³-hybridized carbons (Fsp3) is 0.571. The van der Waals surface area contributed by atoms with Gasteiger partial charge in [0.05, 0.1) is 6.04 Å². The highest BCUT2D eigenvalue weighted by molar-refractivity contribution is 5.92. The normalized spacial score (nSPS) is 15.0. The molecule has 0 saturated carbocycles. The molecular weight excluding hydrogens is 372 g/mol. The smallest absolute Gasteiger partial charge is 0.326 e. The Labute approximate surface area is 172 Å². The monoisotopic (exact) mass is 406 g/mol. The molecule has 162 valence electrons. The van der Waals surface area contributed by atoms with Crippen molar-refractivity contribution in [3.63, 3.8) is 0 Å². The molecule has 4 atom stereocenters. The number of carbonyl (C=O) groups excluding carboxylic acids is 2. The molecule has 1 rings (SSSR count). The number of nitrogens with one attached hydrogen (secondary N) is 2. The number of rotatable bonds is 13. The number of aliphatic carboxylic acids is 1. The van der Waals surface area contributed by atoms with Crippen LogP contribution in [0.25, 0.3) is 0 Å². The van der Waals surface area contributed by atoms with Gasteiger partial charge in [-0.1, -0.05) is 50.6 Å². The van der Waals surface area contributed by atoms with Crippen LogP contribution in [0, 0.1) is 5.92 Å². The van der Waals surface area contributed by atoms with Gasteiger partial charge in [0.25, 0.3) is 0 Å². The Hall–Kier alpha value is -2.45. The molecule has 1 aromatic rings. The lowest BCUT2D eigenvalue weighted by Gasteiger charge is -2.26. The third-order valence-corrected chi connectivity index (χ3v) is 4.99. The minimum Gasteiger partial charge on any atom is -0.480 e. The molecule has 29 heavy (non-hydrogen) atoms. The third kappa shape index (κ3) is 8.62. The molecule has 2 amide bonds. The van der Waals surface area contributed by atoms with E-state index in [9.17, 15) is 19.5 Å². The maximum atomic E-state index is 12.8. The predicted molar refractivity (Wildman–Crippen MR) is 112 cm³/mol. The Morgan fingerprint density at radius 2 is 1.72 bits per heavy atom. The molecule has 0 radical (unpaired) electrons. The Bertz CT molecular complexity index is 653. The second kappa shape index (κ2) is 12.9. The first kappa shape index (κ1) is 24.6. The summed E-state index contributed by atoms with van der Waals surface area (Å²) in [6.45, 7) is 4.19. The van der Waals surface area contributed by atoms with Gasteiger partial charge < -0.3 is 27.2 Å². The van der Waals surface area contributed by atoms with Gasteiger partial charge in [-0.15, -0.1) is 0 Å². The molecule has 8 heteroatoms. The Morgan fingerprint density at radius 1 is 1.07 bits per heavy atom. The van der Waals surface area contributed by atoms with Crippen molar-refractivity contribution in [3.8, 4) is 0 Å². The zero-order chi connectivity index (χ0) is 21.8. The number of amides is 2. The fourth-order valence-electron chi connectivity index (χ4n) is 2.93. The first-order valence-corrected chi connectivity index (χ1v) is 10.1. The third-order valence-electron chi connectivity index (χ3n) is 4.99. The Kier molecular flexibility index (Phi) is 10.9. The molecule has 1 aromatic carbocycles. The summed E-state index contributed by atoms with van der Waals surface area (Å²) in [6, 6.07) is 6.69. The van der Waals surface area contributed by atoms with Crippen molar-refractivity contribution in [2.45, 2.75) is 64.1 Å². The number of carbonyl (C=O) groups is 3. The first-order chi connectivity index (χ1) is 13.8. The number of unbranched alkanes of at least 4 members (excludes halogenated alkanes) is 1. The molecule has 0 bridgehead atoms. The van der Waals surface area contributed by atoms with Crippen LogP contribution in [0.2, 0.25) is 0 Å². The first-order valence-electron chi connectivity index (χ1n) is 10.1. The van der Waals surface area contributed by atoms with Crippen molar-refractivity contribution in [1.29, 1.82) is 0 Å². The molecule has 0 unspecified atom stereocenters. The van der Waals surface area contributed by atoms with Crippen LogP contribution >= 0.6 is 0 Å². The lowest BCUT2D eigenvalue weighted by molar-refractivity contribution is -0.142. The zero-order valence-corrected chi connectivity index (χ0v) is 17.3. The number of carboxylic acids is 1. The number of nitrogens with two attached hydrogens (primary N) is 2. The molecule has 0 aliphatic heterocycles. The van der Waals surface area contributed by atoms with Crippen molar-refractivity contribution in [2.75, 3.05) is 6.54 Å². The van der Waals surface area contributed by atoms with Crippen molar-refractivity contribution in [2.24, 2.45) is 17.4 Å². The summed E-state index contributed by atoms with van der Waals surface area (Å²) in [5.74, 6) is -2.24. The fourth-order valence-corrected chi connectivity index (χ4v) is 2.93. The summed E-state index contributed by atoms with van der Waals surface area (Å²) >= 11 is 0. The largest absolute Gasteiger partial charge is 0.480 e. The van der Waals surface area contributed by atoms with Crippen molar-refractivity contribution >= 4 is 17.8 Å². The molecular formula is C21H34N4O4. The van der Waals surface area contributed by atoms with E-state index in [1.807, 2.05) is 44.2 Å². The predicted octanol–water partition coefficient (Wildman–Crippen LogP) is 0.786. The summed E-state index contributed by atoms with van der Waals surface area (Å²) in [6.07, 6.45) is 2.54. The number of hydrogen-bond acceptors (Lipinski definition) is 5. The van der Waals surface area contributed by atoms with Gasteiger partial charge in [0.15, 0.2) is 0 Å². The number of hydrogen-bond donors (Lipinski definition) is 5. The van der Waals surface area contributed by atoms with Crippen LogP contribution in [-0.2, 0) is 20.8 Å². The quantitative estimate of drug-likeness (QED) is 0.306. The molecule has 8 nitrogen and oxygen atoms in total. The lowest BCUT2D eigenvalue weighted by atomic mass is 9.96. The van der Waals surface area contributed by atoms with Gasteiger partial charge in [-0.2, -0.15) is 0 Å². The van der Waals surface area contributed by atoms with Crippen LogP contribution in [0.1, 0.15) is 45.1 Å². The molecule has 7 N–H and O–H groups in total. The van der Waals surface area contributed by atoms with Crippen molar-refractivity contribution in [1.82, 2.24) is 10.6 Å². The van der Waals surface area contributed by atoms with E-state index in [0.717, 1.165) is 5.56 Å². The second-order valence-electron chi connectivity index (χ2n) is 7.35. The molecule has 0 fully saturated rings. The average molecular weight is 407 g/mol. The zero-order valence-electron chi connectivity index (χ0n) is 17.3. The van der Waals surface area contributed by atoms with Gasteiger partial charge in [-0.05, 0) is 43.7 Å². The van der Waals surface area contributed by atoms with Gasteiger partial charge in [0, 0.05) is 0 Å². The minimum absolute atomic E-state index is 0.179. The minimum atomic E-state index is -1.11. The molecule has 0 aromatic heterocycles. The second-order valence-corrected chi connectivity index (χ2v) is 7.35. The average Bonchev–Trinajstić information content (AvgIpc) is 2.71. The van der Waals surface area contributed by atoms with E-state index < -0.39 is 35.9 Å². The lowest BCUT2D eigenvalue weighted by Crippen LogP contribution is -2.56. The van der Waals surface area contributed by atoms with Gasteiger partial charge in [0.2, 0.25) is 11.8 Å². The summed E-state index contributed by atoms with van der Waals surface area (Å²) in [5.41, 5.74) is 12.4. The van der Waals surface area contributed by atoms with Crippen LogP contribution in [0.15, 0.2) is 30.3 Å². The van der Waals surface area contributed by atoms with Gasteiger partial charge in [-0.25, -0.2) is 4.79 Å². The van der Waals surface area contributed by atoms with Gasteiger partial charge in [-0.3, -0.25) is 9.59 Å². The molecule has 0 aliphatic rings. The topological polar surface area (TPSA) is 148 Å². The maximum Gasteiger partial charge on any atom is 0.326 e. The van der Waals surface area contributed by atoms with E-state index in [0.29, 0.717) is 32.2 Å². The summed E-state index contributed by atoms with van der Waals surface area (Å²) in [4.78, 5) is 36.8. The molecule has 0 aliphatic carbocycles. The summed E-state index contributed by atoms with van der Waals surface area (Å²) in [5, 5.41) is 14.6. The highest BCUT2D eigenvalue weighted by atomic mass is 16.4. The van der Waals surface area contributed by atoms with Crippen LogP contribution < -0.4 is 22.1 Å². The number of benzene rings is 1. The van der Waals surface area contributed by atoms with Gasteiger partial charge >= 0.3 is 5.97 Å². The molecule has 0 spiro atoms. The van der Waals surface area contributed by atoms with E-state index in [4.69, 9.17) is 11.5 Å². The van der Waals surface area contributed by atoms with Gasteiger partial charge in [0.1, 0.15) is 12.1 Å². The maximum absolute atomic E-state index is 12.8. The van der Waals surface area contributed by atoms with Crippen LogP contribution in [0.4, 0.5) is 0 Å². The summed E-state index contributed by atoms with van der Waals surface area (Å²) in [7, 11) is 0. The standard InChI is InChI=1S/C21H34N4O4/c1-3-14(2)18(20(27)24-17(21(28)29)11-7-8-12-22)25-19(26)16(23)13-15-9-5-4-6-10-15/h4-6,9-10,14,16-18H,3,7-8,11-13,22-23H2,1-2H3,(H,24,27)(H,25,26)(H,28,29)/t14-,16-,17-,18-/m0/s1. The van der Waals surface area contributed by atoms with Crippen LogP contribution in [0.3, 0.4) is 0 Å². The SMILES string of the molecule is CC[C@H](C)[C@H](NC(=O)[C@@H](N)Cc1ccccc1)C(=O)N[C@@H](CCCCN)C(=O)O. The Balaban J connectivity index is 2.77. The Morgan fingerprint density at radius 3 is 2.28 bits per heavy atom.